The molecule has 2 aromatic heterocycles. The van der Waals surface area contributed by atoms with Crippen LogP contribution in [0.25, 0.3) is 22.0 Å². The van der Waals surface area contributed by atoms with Crippen molar-refractivity contribution in [2.75, 3.05) is 5.32 Å². The molecule has 0 spiro atoms. The van der Waals surface area contributed by atoms with Crippen molar-refractivity contribution in [3.05, 3.63) is 78.4 Å². The summed E-state index contributed by atoms with van der Waals surface area (Å²) in [6.07, 6.45) is 3.57. The van der Waals surface area contributed by atoms with Crippen molar-refractivity contribution in [1.82, 2.24) is 14.5 Å². The van der Waals surface area contributed by atoms with Gasteiger partial charge in [0.25, 0.3) is 5.91 Å². The number of nitrogens with zero attached hydrogens (tertiary/aromatic N) is 3. The summed E-state index contributed by atoms with van der Waals surface area (Å²) < 4.78 is 15.3. The van der Waals surface area contributed by atoms with E-state index in [-0.39, 0.29) is 5.56 Å². The van der Waals surface area contributed by atoms with Gasteiger partial charge in [0.05, 0.1) is 10.6 Å². The molecular weight excluding hydrogens is 363 g/mol. The second kappa shape index (κ2) is 7.13. The van der Waals surface area contributed by atoms with Crippen LogP contribution in [0.2, 0.25) is 0 Å². The molecule has 5 nitrogen and oxygen atoms in total. The maximum atomic E-state index is 13.4. The van der Waals surface area contributed by atoms with E-state index in [1.165, 1.54) is 29.5 Å². The molecule has 1 N–H and O–H groups in total. The average Bonchev–Trinajstić information content (AvgIpc) is 3.28. The predicted octanol–water partition coefficient (Wildman–Crippen LogP) is 4.60. The van der Waals surface area contributed by atoms with Gasteiger partial charge in [0, 0.05) is 30.6 Å². The van der Waals surface area contributed by atoms with Crippen LogP contribution in [0.1, 0.15) is 10.4 Å². The molecule has 0 aliphatic rings. The molecule has 0 radical (unpaired) electrons. The van der Waals surface area contributed by atoms with Crippen molar-refractivity contribution in [2.24, 2.45) is 7.05 Å². The Balaban J connectivity index is 1.73. The molecule has 0 fully saturated rings. The van der Waals surface area contributed by atoms with E-state index in [1.807, 2.05) is 48.1 Å². The molecule has 4 aromatic rings. The van der Waals surface area contributed by atoms with E-state index >= 15 is 0 Å². The van der Waals surface area contributed by atoms with Crippen molar-refractivity contribution in [1.29, 1.82) is 0 Å². The lowest BCUT2D eigenvalue weighted by atomic mass is 10.1. The highest BCUT2D eigenvalue weighted by Crippen LogP contribution is 2.38. The number of anilines is 1. The van der Waals surface area contributed by atoms with Gasteiger partial charge in [-0.1, -0.05) is 47.7 Å². The second-order valence-corrected chi connectivity index (χ2v) is 6.89. The maximum Gasteiger partial charge on any atom is 0.257 e. The fraction of sp³-hybridized carbons (Fsp3) is 0.0500. The Morgan fingerprint density at radius 3 is 2.67 bits per heavy atom. The number of benzene rings is 2. The van der Waals surface area contributed by atoms with E-state index in [0.29, 0.717) is 5.13 Å². The summed E-state index contributed by atoms with van der Waals surface area (Å²) in [6, 6.07) is 15.3. The monoisotopic (exact) mass is 378 g/mol. The molecule has 0 aliphatic carbocycles. The molecular formula is C20H15FN4OS. The second-order valence-electron chi connectivity index (χ2n) is 5.89. The SMILES string of the molecule is Cn1ccnc1-c1sc(NC(=O)c2cccc(F)c2)nc1-c1ccccc1. The first-order chi connectivity index (χ1) is 13.1. The van der Waals surface area contributed by atoms with Crippen molar-refractivity contribution in [2.45, 2.75) is 0 Å². The maximum absolute atomic E-state index is 13.4. The number of carbonyl (C=O) groups is 1. The van der Waals surface area contributed by atoms with E-state index in [1.54, 1.807) is 12.3 Å². The van der Waals surface area contributed by atoms with Gasteiger partial charge in [0.1, 0.15) is 5.82 Å². The fourth-order valence-corrected chi connectivity index (χ4v) is 3.72. The Labute approximate surface area is 159 Å². The van der Waals surface area contributed by atoms with Crippen LogP contribution in [0, 0.1) is 5.82 Å². The first-order valence-electron chi connectivity index (χ1n) is 8.22. The summed E-state index contributed by atoms with van der Waals surface area (Å²) in [5.41, 5.74) is 1.91. The first-order valence-corrected chi connectivity index (χ1v) is 9.04. The van der Waals surface area contributed by atoms with Gasteiger partial charge in [0.2, 0.25) is 0 Å². The minimum absolute atomic E-state index is 0.241. The van der Waals surface area contributed by atoms with E-state index in [9.17, 15) is 9.18 Å². The number of nitrogens with one attached hydrogen (secondary N) is 1. The van der Waals surface area contributed by atoms with Crippen molar-refractivity contribution in [3.8, 4) is 22.0 Å². The molecule has 27 heavy (non-hydrogen) atoms. The van der Waals surface area contributed by atoms with Crippen molar-refractivity contribution in [3.63, 3.8) is 0 Å². The van der Waals surface area contributed by atoms with Crippen molar-refractivity contribution < 1.29 is 9.18 Å². The molecule has 2 heterocycles. The number of hydrogen-bond donors (Lipinski definition) is 1. The number of thiazole rings is 1. The average molecular weight is 378 g/mol. The van der Waals surface area contributed by atoms with Crippen LogP contribution < -0.4 is 5.32 Å². The minimum atomic E-state index is -0.458. The normalized spacial score (nSPS) is 10.7. The summed E-state index contributed by atoms with van der Waals surface area (Å²) in [4.78, 5) is 22.3. The van der Waals surface area contributed by atoms with Crippen LogP contribution in [-0.2, 0) is 7.05 Å². The molecule has 4 rings (SSSR count). The molecule has 2 aromatic carbocycles. The zero-order valence-corrected chi connectivity index (χ0v) is 15.2. The summed E-state index contributed by atoms with van der Waals surface area (Å²) >= 11 is 1.33. The van der Waals surface area contributed by atoms with Crippen molar-refractivity contribution >= 4 is 22.4 Å². The molecule has 0 atom stereocenters. The van der Waals surface area contributed by atoms with Gasteiger partial charge in [-0.25, -0.2) is 14.4 Å². The summed E-state index contributed by atoms with van der Waals surface area (Å²) in [5, 5.41) is 3.19. The van der Waals surface area contributed by atoms with Crippen LogP contribution in [-0.4, -0.2) is 20.4 Å². The molecule has 1 amide bonds. The Morgan fingerprint density at radius 1 is 1.15 bits per heavy atom. The molecule has 0 unspecified atom stereocenters. The Hall–Kier alpha value is -3.32. The third-order valence-electron chi connectivity index (χ3n) is 4.01. The first kappa shape index (κ1) is 17.1. The van der Waals surface area contributed by atoms with E-state index < -0.39 is 11.7 Å². The minimum Gasteiger partial charge on any atom is -0.333 e. The number of imidazole rings is 1. The lowest BCUT2D eigenvalue weighted by Crippen LogP contribution is -2.11. The number of halogens is 1. The number of rotatable bonds is 4. The van der Waals surface area contributed by atoms with Gasteiger partial charge in [-0.05, 0) is 18.2 Å². The fourth-order valence-electron chi connectivity index (χ4n) is 2.70. The lowest BCUT2D eigenvalue weighted by molar-refractivity contribution is 0.102. The quantitative estimate of drug-likeness (QED) is 0.564. The smallest absolute Gasteiger partial charge is 0.257 e. The van der Waals surface area contributed by atoms with Gasteiger partial charge < -0.3 is 4.57 Å². The van der Waals surface area contributed by atoms with Gasteiger partial charge in [-0.2, -0.15) is 0 Å². The third-order valence-corrected chi connectivity index (χ3v) is 4.97. The third kappa shape index (κ3) is 3.50. The largest absolute Gasteiger partial charge is 0.333 e. The Morgan fingerprint density at radius 2 is 1.96 bits per heavy atom. The zero-order chi connectivity index (χ0) is 18.8. The van der Waals surface area contributed by atoms with E-state index in [0.717, 1.165) is 22.0 Å². The van der Waals surface area contributed by atoms with Gasteiger partial charge in [0.15, 0.2) is 11.0 Å². The van der Waals surface area contributed by atoms with Gasteiger partial charge in [-0.15, -0.1) is 0 Å². The number of hydrogen-bond acceptors (Lipinski definition) is 4. The number of aryl methyl sites for hydroxylation is 1. The van der Waals surface area contributed by atoms with Crippen LogP contribution >= 0.6 is 11.3 Å². The topological polar surface area (TPSA) is 59.8 Å². The highest BCUT2D eigenvalue weighted by molar-refractivity contribution is 7.19. The van der Waals surface area contributed by atoms with E-state index in [2.05, 4.69) is 15.3 Å². The number of aromatic nitrogens is 3. The standard InChI is InChI=1S/C20H15FN4OS/c1-25-11-10-22-18(25)17-16(13-6-3-2-4-7-13)23-20(27-17)24-19(26)14-8-5-9-15(21)12-14/h2-12H,1H3,(H,23,24,26). The van der Waals surface area contributed by atoms with Gasteiger partial charge in [-0.3, -0.25) is 10.1 Å². The summed E-state index contributed by atoms with van der Waals surface area (Å²) in [7, 11) is 1.90. The van der Waals surface area contributed by atoms with Gasteiger partial charge >= 0.3 is 0 Å². The van der Waals surface area contributed by atoms with Crippen LogP contribution in [0.4, 0.5) is 9.52 Å². The van der Waals surface area contributed by atoms with Crippen LogP contribution in [0.5, 0.6) is 0 Å². The molecule has 0 saturated heterocycles. The lowest BCUT2D eigenvalue weighted by Gasteiger charge is -2.02. The van der Waals surface area contributed by atoms with Crippen LogP contribution in [0.3, 0.4) is 0 Å². The molecule has 0 aliphatic heterocycles. The Bertz CT molecular complexity index is 1100. The highest BCUT2D eigenvalue weighted by atomic mass is 32.1. The molecule has 0 saturated carbocycles. The van der Waals surface area contributed by atoms with Crippen LogP contribution in [0.15, 0.2) is 67.0 Å². The highest BCUT2D eigenvalue weighted by Gasteiger charge is 2.19. The summed E-state index contributed by atoms with van der Waals surface area (Å²) in [5.74, 6) is -0.104. The van der Waals surface area contributed by atoms with E-state index in [4.69, 9.17) is 0 Å². The predicted molar refractivity (Wildman–Crippen MR) is 104 cm³/mol. The number of carbonyl (C=O) groups excluding carboxylic acids is 1. The Kier molecular flexibility index (Phi) is 4.52. The summed E-state index contributed by atoms with van der Waals surface area (Å²) in [6.45, 7) is 0. The molecule has 134 valence electrons. The molecule has 0 bridgehead atoms. The zero-order valence-electron chi connectivity index (χ0n) is 14.4. The molecule has 7 heteroatoms. The number of amides is 1.